The van der Waals surface area contributed by atoms with Gasteiger partial charge in [0.2, 0.25) is 0 Å². The van der Waals surface area contributed by atoms with E-state index in [0.717, 1.165) is 17.2 Å². The van der Waals surface area contributed by atoms with Crippen LogP contribution in [0.3, 0.4) is 0 Å². The van der Waals surface area contributed by atoms with E-state index >= 15 is 0 Å². The first kappa shape index (κ1) is 13.8. The highest BCUT2D eigenvalue weighted by atomic mass is 16.5. The Labute approximate surface area is 116 Å². The van der Waals surface area contributed by atoms with Crippen molar-refractivity contribution in [2.75, 3.05) is 0 Å². The highest BCUT2D eigenvalue weighted by Gasteiger charge is 2.17. The summed E-state index contributed by atoms with van der Waals surface area (Å²) in [5.74, 6) is -0.515. The lowest BCUT2D eigenvalue weighted by atomic mass is 10.1. The minimum Gasteiger partial charge on any atom is -0.478 e. The monoisotopic (exact) mass is 270 g/mol. The van der Waals surface area contributed by atoms with Crippen LogP contribution in [0.1, 0.15) is 12.5 Å². The number of carboxylic acid groups (broad SMARTS) is 1. The van der Waals surface area contributed by atoms with Gasteiger partial charge in [-0.15, -0.1) is 0 Å². The number of carboxylic acids is 1. The lowest BCUT2D eigenvalue weighted by molar-refractivity contribution is -0.131. The Kier molecular flexibility index (Phi) is 4.15. The Balaban J connectivity index is 2.03. The second-order valence-corrected chi connectivity index (χ2v) is 4.43. The molecule has 1 N–H and O–H groups in total. The van der Waals surface area contributed by atoms with E-state index in [4.69, 9.17) is 9.84 Å². The highest BCUT2D eigenvalue weighted by Crippen LogP contribution is 2.18. The van der Waals surface area contributed by atoms with Gasteiger partial charge in [-0.25, -0.2) is 4.79 Å². The molecule has 0 saturated carbocycles. The smallest absolute Gasteiger partial charge is 0.328 e. The van der Waals surface area contributed by atoms with Gasteiger partial charge in [-0.1, -0.05) is 18.2 Å². The number of benzene rings is 1. The Morgan fingerprint density at radius 3 is 2.60 bits per heavy atom. The second kappa shape index (κ2) is 6.02. The van der Waals surface area contributed by atoms with E-state index in [2.05, 4.69) is 0 Å². The standard InChI is InChI=1S/C16H14O4/c1-11-2-8-15(14(17)10-11)20-13-6-3-12(4-7-13)5-9-16(18)19/h2-10,15H,1H3,(H,18,19). The number of rotatable bonds is 4. The summed E-state index contributed by atoms with van der Waals surface area (Å²) in [7, 11) is 0. The van der Waals surface area contributed by atoms with E-state index in [1.165, 1.54) is 6.08 Å². The summed E-state index contributed by atoms with van der Waals surface area (Å²) >= 11 is 0. The third kappa shape index (κ3) is 3.68. The number of hydrogen-bond acceptors (Lipinski definition) is 3. The zero-order valence-corrected chi connectivity index (χ0v) is 10.9. The van der Waals surface area contributed by atoms with E-state index in [9.17, 15) is 9.59 Å². The zero-order chi connectivity index (χ0) is 14.5. The van der Waals surface area contributed by atoms with Crippen LogP contribution in [0.5, 0.6) is 5.75 Å². The summed E-state index contributed by atoms with van der Waals surface area (Å²) in [5, 5.41) is 8.53. The van der Waals surface area contributed by atoms with Crippen LogP contribution >= 0.6 is 0 Å². The second-order valence-electron chi connectivity index (χ2n) is 4.43. The molecule has 20 heavy (non-hydrogen) atoms. The molecule has 102 valence electrons. The molecule has 1 aromatic rings. The molecule has 1 unspecified atom stereocenters. The fourth-order valence-electron chi connectivity index (χ4n) is 1.76. The Morgan fingerprint density at radius 2 is 2.00 bits per heavy atom. The Hall–Kier alpha value is -2.62. The molecule has 0 aromatic heterocycles. The van der Waals surface area contributed by atoms with Gasteiger partial charge >= 0.3 is 5.97 Å². The molecule has 2 rings (SSSR count). The predicted molar refractivity (Wildman–Crippen MR) is 75.4 cm³/mol. The molecular formula is C16H14O4. The van der Waals surface area contributed by atoms with Crippen LogP contribution in [-0.2, 0) is 9.59 Å². The molecule has 4 nitrogen and oxygen atoms in total. The first-order valence-electron chi connectivity index (χ1n) is 6.13. The van der Waals surface area contributed by atoms with Crippen LogP contribution in [0.2, 0.25) is 0 Å². The van der Waals surface area contributed by atoms with E-state index in [1.807, 2.05) is 13.0 Å². The first-order chi connectivity index (χ1) is 9.54. The van der Waals surface area contributed by atoms with Gasteiger partial charge in [-0.05, 0) is 48.4 Å². The Morgan fingerprint density at radius 1 is 1.30 bits per heavy atom. The first-order valence-corrected chi connectivity index (χ1v) is 6.13. The normalized spacial score (nSPS) is 18.1. The summed E-state index contributed by atoms with van der Waals surface area (Å²) in [6.45, 7) is 1.86. The molecule has 1 aliphatic rings. The third-order valence-corrected chi connectivity index (χ3v) is 2.75. The summed E-state index contributed by atoms with van der Waals surface area (Å²) < 4.78 is 5.58. The fraction of sp³-hybridized carbons (Fsp3) is 0.125. The number of ketones is 1. The van der Waals surface area contributed by atoms with Crippen LogP contribution < -0.4 is 4.74 Å². The largest absolute Gasteiger partial charge is 0.478 e. The van der Waals surface area contributed by atoms with E-state index in [-0.39, 0.29) is 5.78 Å². The molecule has 0 radical (unpaired) electrons. The zero-order valence-electron chi connectivity index (χ0n) is 10.9. The minimum atomic E-state index is -0.995. The van der Waals surface area contributed by atoms with Crippen molar-refractivity contribution in [3.05, 3.63) is 59.7 Å². The topological polar surface area (TPSA) is 63.6 Å². The molecule has 0 bridgehead atoms. The highest BCUT2D eigenvalue weighted by molar-refractivity contribution is 5.97. The molecule has 1 aliphatic carbocycles. The van der Waals surface area contributed by atoms with E-state index in [1.54, 1.807) is 36.4 Å². The third-order valence-electron chi connectivity index (χ3n) is 2.75. The van der Waals surface area contributed by atoms with Gasteiger partial charge in [-0.2, -0.15) is 0 Å². The van der Waals surface area contributed by atoms with E-state index in [0.29, 0.717) is 5.75 Å². The minimum absolute atomic E-state index is 0.0835. The van der Waals surface area contributed by atoms with Gasteiger partial charge in [0.15, 0.2) is 11.9 Å². The quantitative estimate of drug-likeness (QED) is 0.854. The lowest BCUT2D eigenvalue weighted by Crippen LogP contribution is -2.25. The molecule has 0 aliphatic heterocycles. The van der Waals surface area contributed by atoms with Crippen LogP contribution in [0, 0.1) is 0 Å². The molecule has 1 atom stereocenters. The summed E-state index contributed by atoms with van der Waals surface area (Å²) in [6.07, 6.45) is 7.07. The predicted octanol–water partition coefficient (Wildman–Crippen LogP) is 2.62. The van der Waals surface area contributed by atoms with Crippen LogP contribution in [-0.4, -0.2) is 23.0 Å². The summed E-state index contributed by atoms with van der Waals surface area (Å²) in [5.41, 5.74) is 1.66. The van der Waals surface area contributed by atoms with Crippen molar-refractivity contribution in [1.29, 1.82) is 0 Å². The Bertz CT molecular complexity index is 606. The van der Waals surface area contributed by atoms with Gasteiger partial charge in [-0.3, -0.25) is 4.79 Å². The van der Waals surface area contributed by atoms with Crippen molar-refractivity contribution in [3.8, 4) is 5.75 Å². The number of carbonyl (C=O) groups is 2. The number of carbonyl (C=O) groups excluding carboxylic acids is 1. The van der Waals surface area contributed by atoms with Crippen LogP contribution in [0.25, 0.3) is 6.08 Å². The van der Waals surface area contributed by atoms with Crippen molar-refractivity contribution in [2.24, 2.45) is 0 Å². The lowest BCUT2D eigenvalue weighted by Gasteiger charge is -2.16. The van der Waals surface area contributed by atoms with Crippen molar-refractivity contribution < 1.29 is 19.4 Å². The molecule has 0 fully saturated rings. The van der Waals surface area contributed by atoms with Crippen molar-refractivity contribution in [2.45, 2.75) is 13.0 Å². The fourth-order valence-corrected chi connectivity index (χ4v) is 1.76. The number of aliphatic carboxylic acids is 1. The molecular weight excluding hydrogens is 256 g/mol. The summed E-state index contributed by atoms with van der Waals surface area (Å²) in [6, 6.07) is 6.86. The van der Waals surface area contributed by atoms with Gasteiger partial charge in [0.1, 0.15) is 5.75 Å². The maximum Gasteiger partial charge on any atom is 0.328 e. The van der Waals surface area contributed by atoms with Crippen LogP contribution in [0.4, 0.5) is 0 Å². The van der Waals surface area contributed by atoms with Crippen molar-refractivity contribution >= 4 is 17.8 Å². The molecule has 0 heterocycles. The molecule has 4 heteroatoms. The number of ether oxygens (including phenoxy) is 1. The van der Waals surface area contributed by atoms with E-state index < -0.39 is 12.1 Å². The average Bonchev–Trinajstić information content (AvgIpc) is 2.41. The van der Waals surface area contributed by atoms with Gasteiger partial charge in [0, 0.05) is 6.08 Å². The van der Waals surface area contributed by atoms with Crippen molar-refractivity contribution in [3.63, 3.8) is 0 Å². The SMILES string of the molecule is CC1=CC(=O)C(Oc2ccc(C=CC(=O)O)cc2)C=C1. The maximum atomic E-state index is 11.7. The number of hydrogen-bond donors (Lipinski definition) is 1. The molecule has 1 aromatic carbocycles. The molecule has 0 spiro atoms. The van der Waals surface area contributed by atoms with Gasteiger partial charge in [0.05, 0.1) is 0 Å². The van der Waals surface area contributed by atoms with Gasteiger partial charge < -0.3 is 9.84 Å². The number of allylic oxidation sites excluding steroid dienone is 2. The van der Waals surface area contributed by atoms with Crippen LogP contribution in [0.15, 0.2) is 54.1 Å². The van der Waals surface area contributed by atoms with Gasteiger partial charge in [0.25, 0.3) is 0 Å². The average molecular weight is 270 g/mol. The van der Waals surface area contributed by atoms with Crippen molar-refractivity contribution in [1.82, 2.24) is 0 Å². The summed E-state index contributed by atoms with van der Waals surface area (Å²) in [4.78, 5) is 22.1. The maximum absolute atomic E-state index is 11.7. The molecule has 0 saturated heterocycles. The molecule has 0 amide bonds.